The maximum Gasteiger partial charge on any atom is 0.217 e. The van der Waals surface area contributed by atoms with Gasteiger partial charge in [-0.25, -0.2) is 4.98 Å². The first-order chi connectivity index (χ1) is 8.79. The molecule has 0 amide bonds. The molecule has 0 unspecified atom stereocenters. The molecule has 0 aliphatic heterocycles. The van der Waals surface area contributed by atoms with Crippen molar-refractivity contribution in [3.63, 3.8) is 0 Å². The number of halogens is 1. The third-order valence-corrected chi connectivity index (χ3v) is 3.80. The molecular weight excluding hydrogens is 312 g/mol. The molecule has 0 aromatic carbocycles. The molecule has 0 fully saturated rings. The normalized spacial score (nSPS) is 10.6. The molecule has 2 aromatic rings. The van der Waals surface area contributed by atoms with Gasteiger partial charge in [0.25, 0.3) is 0 Å². The second kappa shape index (κ2) is 6.87. The third-order valence-electron chi connectivity index (χ3n) is 2.43. The Morgan fingerprint density at radius 2 is 2.39 bits per heavy atom. The predicted molar refractivity (Wildman–Crippen MR) is 78.2 cm³/mol. The number of aromatic nitrogens is 1. The van der Waals surface area contributed by atoms with Crippen molar-refractivity contribution in [3.05, 3.63) is 44.7 Å². The van der Waals surface area contributed by atoms with E-state index in [1.165, 1.54) is 4.88 Å². The molecule has 0 bridgehead atoms. The van der Waals surface area contributed by atoms with Crippen molar-refractivity contribution in [1.82, 2.24) is 10.3 Å². The molecule has 18 heavy (non-hydrogen) atoms. The Kier molecular flexibility index (Phi) is 5.16. The van der Waals surface area contributed by atoms with Gasteiger partial charge in [0, 0.05) is 34.1 Å². The number of ether oxygens (including phenoxy) is 1. The zero-order valence-electron chi connectivity index (χ0n) is 10.1. The Morgan fingerprint density at radius 3 is 3.11 bits per heavy atom. The van der Waals surface area contributed by atoms with Gasteiger partial charge in [-0.3, -0.25) is 0 Å². The van der Waals surface area contributed by atoms with E-state index in [1.54, 1.807) is 17.5 Å². The molecule has 1 N–H and O–H groups in total. The molecule has 2 rings (SSSR count). The molecule has 0 atom stereocenters. The van der Waals surface area contributed by atoms with Crippen LogP contribution in [0.15, 0.2) is 34.2 Å². The first-order valence-corrected chi connectivity index (χ1v) is 7.41. The smallest absolute Gasteiger partial charge is 0.217 e. The lowest BCUT2D eigenvalue weighted by Gasteiger charge is -2.10. The standard InChI is InChI=1S/C13H15BrN2OS/c1-15-8-10-7-11(14)9-16-13(10)17-5-4-12-3-2-6-18-12/h2-3,6-7,9,15H,4-5,8H2,1H3. The summed E-state index contributed by atoms with van der Waals surface area (Å²) in [6.45, 7) is 1.41. The van der Waals surface area contributed by atoms with Crippen molar-refractivity contribution >= 4 is 27.3 Å². The van der Waals surface area contributed by atoms with Crippen molar-refractivity contribution in [2.45, 2.75) is 13.0 Å². The molecule has 2 heterocycles. The minimum absolute atomic E-state index is 0.659. The highest BCUT2D eigenvalue weighted by molar-refractivity contribution is 9.10. The predicted octanol–water partition coefficient (Wildman–Crippen LogP) is 3.25. The van der Waals surface area contributed by atoms with Crippen LogP contribution < -0.4 is 10.1 Å². The van der Waals surface area contributed by atoms with Gasteiger partial charge in [0.05, 0.1) is 6.61 Å². The van der Waals surface area contributed by atoms with Crippen molar-refractivity contribution in [1.29, 1.82) is 0 Å². The van der Waals surface area contributed by atoms with E-state index < -0.39 is 0 Å². The van der Waals surface area contributed by atoms with Crippen LogP contribution in [0.5, 0.6) is 5.88 Å². The van der Waals surface area contributed by atoms with Crippen LogP contribution in [0, 0.1) is 0 Å². The maximum atomic E-state index is 5.75. The lowest BCUT2D eigenvalue weighted by molar-refractivity contribution is 0.306. The van der Waals surface area contributed by atoms with Crippen molar-refractivity contribution in [2.75, 3.05) is 13.7 Å². The molecule has 3 nitrogen and oxygen atoms in total. The summed E-state index contributed by atoms with van der Waals surface area (Å²) in [5, 5.41) is 5.20. The Labute approximate surface area is 119 Å². The summed E-state index contributed by atoms with van der Waals surface area (Å²) in [5.41, 5.74) is 1.07. The lowest BCUT2D eigenvalue weighted by Crippen LogP contribution is -2.10. The second-order valence-electron chi connectivity index (χ2n) is 3.83. The Balaban J connectivity index is 1.95. The fraction of sp³-hybridized carbons (Fsp3) is 0.308. The summed E-state index contributed by atoms with van der Waals surface area (Å²) in [4.78, 5) is 5.65. The number of nitrogens with zero attached hydrogens (tertiary/aromatic N) is 1. The summed E-state index contributed by atoms with van der Waals surface area (Å²) < 4.78 is 6.72. The molecule has 0 aliphatic carbocycles. The summed E-state index contributed by atoms with van der Waals surface area (Å²) in [5.74, 6) is 0.712. The lowest BCUT2D eigenvalue weighted by atomic mass is 10.2. The molecule has 2 aromatic heterocycles. The van der Waals surface area contributed by atoms with Crippen molar-refractivity contribution < 1.29 is 4.74 Å². The van der Waals surface area contributed by atoms with Gasteiger partial charge in [-0.15, -0.1) is 11.3 Å². The van der Waals surface area contributed by atoms with E-state index in [2.05, 4.69) is 43.7 Å². The quantitative estimate of drug-likeness (QED) is 0.884. The van der Waals surface area contributed by atoms with Crippen LogP contribution in [0.2, 0.25) is 0 Å². The Morgan fingerprint density at radius 1 is 1.50 bits per heavy atom. The average Bonchev–Trinajstić information content (AvgIpc) is 2.85. The molecular formula is C13H15BrN2OS. The highest BCUT2D eigenvalue weighted by Crippen LogP contribution is 2.20. The number of hydrogen-bond acceptors (Lipinski definition) is 4. The van der Waals surface area contributed by atoms with Gasteiger partial charge in [-0.2, -0.15) is 0 Å². The molecule has 0 aliphatic rings. The van der Waals surface area contributed by atoms with Gasteiger partial charge in [0.2, 0.25) is 5.88 Å². The highest BCUT2D eigenvalue weighted by atomic mass is 79.9. The van der Waals surface area contributed by atoms with Crippen LogP contribution in [0.4, 0.5) is 0 Å². The van der Waals surface area contributed by atoms with E-state index in [9.17, 15) is 0 Å². The third kappa shape index (κ3) is 3.80. The molecule has 0 radical (unpaired) electrons. The molecule has 5 heteroatoms. The molecule has 0 saturated heterocycles. The van der Waals surface area contributed by atoms with Gasteiger partial charge >= 0.3 is 0 Å². The van der Waals surface area contributed by atoms with E-state index >= 15 is 0 Å². The highest BCUT2D eigenvalue weighted by Gasteiger charge is 2.06. The number of nitrogens with one attached hydrogen (secondary N) is 1. The fourth-order valence-corrected chi connectivity index (χ4v) is 2.69. The van der Waals surface area contributed by atoms with Gasteiger partial charge in [0.1, 0.15) is 0 Å². The van der Waals surface area contributed by atoms with Crippen LogP contribution in [0.1, 0.15) is 10.4 Å². The van der Waals surface area contributed by atoms with Crippen LogP contribution in [0.25, 0.3) is 0 Å². The molecule has 0 saturated carbocycles. The zero-order valence-corrected chi connectivity index (χ0v) is 12.6. The SMILES string of the molecule is CNCc1cc(Br)cnc1OCCc1cccs1. The van der Waals surface area contributed by atoms with E-state index in [0.29, 0.717) is 12.5 Å². The average molecular weight is 327 g/mol. The second-order valence-corrected chi connectivity index (χ2v) is 5.77. The van der Waals surface area contributed by atoms with E-state index in [4.69, 9.17) is 4.74 Å². The summed E-state index contributed by atoms with van der Waals surface area (Å²) in [7, 11) is 1.91. The monoisotopic (exact) mass is 326 g/mol. The van der Waals surface area contributed by atoms with Gasteiger partial charge < -0.3 is 10.1 Å². The number of rotatable bonds is 6. The topological polar surface area (TPSA) is 34.2 Å². The molecule has 0 spiro atoms. The van der Waals surface area contributed by atoms with Gasteiger partial charge in [-0.05, 0) is 40.5 Å². The molecule has 96 valence electrons. The van der Waals surface area contributed by atoms with Crippen LogP contribution in [0.3, 0.4) is 0 Å². The van der Waals surface area contributed by atoms with Crippen molar-refractivity contribution in [3.8, 4) is 5.88 Å². The van der Waals surface area contributed by atoms with Gasteiger partial charge in [0.15, 0.2) is 0 Å². The van der Waals surface area contributed by atoms with Crippen molar-refractivity contribution in [2.24, 2.45) is 0 Å². The first-order valence-electron chi connectivity index (χ1n) is 5.74. The van der Waals surface area contributed by atoms with E-state index in [1.807, 2.05) is 13.1 Å². The largest absolute Gasteiger partial charge is 0.477 e. The van der Waals surface area contributed by atoms with Crippen LogP contribution in [-0.4, -0.2) is 18.6 Å². The number of hydrogen-bond donors (Lipinski definition) is 1. The summed E-state index contributed by atoms with van der Waals surface area (Å²) in [6, 6.07) is 6.21. The van der Waals surface area contributed by atoms with Gasteiger partial charge in [-0.1, -0.05) is 6.07 Å². The van der Waals surface area contributed by atoms with Crippen LogP contribution in [-0.2, 0) is 13.0 Å². The Hall–Kier alpha value is -0.910. The number of thiophene rings is 1. The first kappa shape index (κ1) is 13.5. The Bertz CT molecular complexity index is 488. The van der Waals surface area contributed by atoms with Crippen LogP contribution >= 0.6 is 27.3 Å². The zero-order chi connectivity index (χ0) is 12.8. The summed E-state index contributed by atoms with van der Waals surface area (Å²) in [6.07, 6.45) is 2.69. The number of pyridine rings is 1. The van der Waals surface area contributed by atoms with E-state index in [-0.39, 0.29) is 0 Å². The van der Waals surface area contributed by atoms with E-state index in [0.717, 1.165) is 23.0 Å². The maximum absolute atomic E-state index is 5.75. The minimum atomic E-state index is 0.659. The minimum Gasteiger partial charge on any atom is -0.477 e. The summed E-state index contributed by atoms with van der Waals surface area (Å²) >= 11 is 5.18. The fourth-order valence-electron chi connectivity index (χ4n) is 1.62.